The molecule has 114 valence electrons. The van der Waals surface area contributed by atoms with Gasteiger partial charge >= 0.3 is 0 Å². The Kier molecular flexibility index (Phi) is 5.37. The van der Waals surface area contributed by atoms with E-state index in [0.717, 1.165) is 31.2 Å². The minimum Gasteiger partial charge on any atom is -0.350 e. The van der Waals surface area contributed by atoms with Gasteiger partial charge in [0.25, 0.3) is 0 Å². The Morgan fingerprint density at radius 1 is 1.29 bits per heavy atom. The Hall–Kier alpha value is -1.84. The van der Waals surface area contributed by atoms with E-state index in [0.29, 0.717) is 6.54 Å². The summed E-state index contributed by atoms with van der Waals surface area (Å²) >= 11 is 0. The van der Waals surface area contributed by atoms with Crippen molar-refractivity contribution in [3.8, 4) is 0 Å². The molecule has 0 bridgehead atoms. The lowest BCUT2D eigenvalue weighted by atomic mass is 9.97. The van der Waals surface area contributed by atoms with E-state index in [1.54, 1.807) is 0 Å². The van der Waals surface area contributed by atoms with Crippen molar-refractivity contribution in [3.05, 3.63) is 35.4 Å². The summed E-state index contributed by atoms with van der Waals surface area (Å²) in [5.41, 5.74) is 2.26. The van der Waals surface area contributed by atoms with Crippen molar-refractivity contribution in [2.45, 2.75) is 52.1 Å². The van der Waals surface area contributed by atoms with Gasteiger partial charge in [-0.15, -0.1) is 0 Å². The molecule has 0 saturated heterocycles. The molecule has 1 atom stereocenters. The largest absolute Gasteiger partial charge is 0.350 e. The van der Waals surface area contributed by atoms with Gasteiger partial charge in [-0.05, 0) is 31.2 Å². The molecule has 0 heterocycles. The van der Waals surface area contributed by atoms with Crippen LogP contribution in [-0.2, 0) is 16.1 Å². The Morgan fingerprint density at radius 3 is 2.62 bits per heavy atom. The molecular formula is C17H24N2O2. The van der Waals surface area contributed by atoms with Gasteiger partial charge in [0.15, 0.2) is 0 Å². The van der Waals surface area contributed by atoms with Crippen molar-refractivity contribution in [2.24, 2.45) is 5.92 Å². The molecule has 1 aromatic rings. The van der Waals surface area contributed by atoms with Gasteiger partial charge in [0.1, 0.15) is 6.04 Å². The van der Waals surface area contributed by atoms with Crippen LogP contribution >= 0.6 is 0 Å². The molecule has 1 aliphatic rings. The molecule has 2 N–H and O–H groups in total. The standard InChI is InChI=1S/C17H24N2O2/c1-12-6-5-7-14(10-12)11-18-17(21)16(19-13(2)20)15-8-3-4-9-15/h5-7,10,15-16H,3-4,8-9,11H2,1-2H3,(H,18,21)(H,19,20). The Morgan fingerprint density at radius 2 is 2.00 bits per heavy atom. The molecular weight excluding hydrogens is 264 g/mol. The Bertz CT molecular complexity index is 507. The van der Waals surface area contributed by atoms with E-state index < -0.39 is 6.04 Å². The maximum atomic E-state index is 12.4. The maximum absolute atomic E-state index is 12.4. The smallest absolute Gasteiger partial charge is 0.243 e. The van der Waals surface area contributed by atoms with Gasteiger partial charge in [-0.3, -0.25) is 9.59 Å². The number of carbonyl (C=O) groups is 2. The minimum absolute atomic E-state index is 0.0707. The highest BCUT2D eigenvalue weighted by atomic mass is 16.2. The average Bonchev–Trinajstić information content (AvgIpc) is 2.96. The van der Waals surface area contributed by atoms with E-state index in [2.05, 4.69) is 16.7 Å². The third-order valence-electron chi connectivity index (χ3n) is 4.06. The molecule has 1 aliphatic carbocycles. The lowest BCUT2D eigenvalue weighted by Crippen LogP contribution is -2.49. The number of hydrogen-bond donors (Lipinski definition) is 2. The lowest BCUT2D eigenvalue weighted by Gasteiger charge is -2.23. The number of rotatable bonds is 5. The summed E-state index contributed by atoms with van der Waals surface area (Å²) in [4.78, 5) is 23.7. The predicted molar refractivity (Wildman–Crippen MR) is 82.6 cm³/mol. The second-order valence-corrected chi connectivity index (χ2v) is 5.93. The molecule has 4 heteroatoms. The summed E-state index contributed by atoms with van der Waals surface area (Å²) in [7, 11) is 0. The van der Waals surface area contributed by atoms with E-state index in [1.165, 1.54) is 12.5 Å². The zero-order valence-corrected chi connectivity index (χ0v) is 12.8. The second-order valence-electron chi connectivity index (χ2n) is 5.93. The number of nitrogens with one attached hydrogen (secondary N) is 2. The highest BCUT2D eigenvalue weighted by Gasteiger charge is 2.31. The summed E-state index contributed by atoms with van der Waals surface area (Å²) in [6, 6.07) is 7.68. The third-order valence-corrected chi connectivity index (χ3v) is 4.06. The van der Waals surface area contributed by atoms with Crippen LogP contribution in [0.1, 0.15) is 43.7 Å². The molecule has 0 radical (unpaired) electrons. The van der Waals surface area contributed by atoms with Gasteiger partial charge in [-0.2, -0.15) is 0 Å². The van der Waals surface area contributed by atoms with Crippen LogP contribution < -0.4 is 10.6 Å². The molecule has 2 amide bonds. The molecule has 0 aromatic heterocycles. The highest BCUT2D eigenvalue weighted by molar-refractivity contribution is 5.87. The minimum atomic E-state index is -0.394. The Balaban J connectivity index is 1.95. The lowest BCUT2D eigenvalue weighted by molar-refractivity contribution is -0.129. The summed E-state index contributed by atoms with van der Waals surface area (Å²) in [5.74, 6) is 0.0580. The second kappa shape index (κ2) is 7.25. The van der Waals surface area contributed by atoms with Crippen molar-refractivity contribution in [2.75, 3.05) is 0 Å². The molecule has 1 aromatic carbocycles. The predicted octanol–water partition coefficient (Wildman–Crippen LogP) is 2.31. The first-order valence-corrected chi connectivity index (χ1v) is 7.66. The summed E-state index contributed by atoms with van der Waals surface area (Å²) in [6.07, 6.45) is 4.32. The quantitative estimate of drug-likeness (QED) is 0.873. The first kappa shape index (κ1) is 15.5. The van der Waals surface area contributed by atoms with E-state index in [1.807, 2.05) is 25.1 Å². The normalized spacial score (nSPS) is 16.5. The van der Waals surface area contributed by atoms with Gasteiger partial charge in [0.2, 0.25) is 11.8 Å². The topological polar surface area (TPSA) is 58.2 Å². The van der Waals surface area contributed by atoms with Crippen LogP contribution in [0.25, 0.3) is 0 Å². The number of hydrogen-bond acceptors (Lipinski definition) is 2. The van der Waals surface area contributed by atoms with Gasteiger partial charge in [-0.25, -0.2) is 0 Å². The Labute approximate surface area is 126 Å². The van der Waals surface area contributed by atoms with E-state index in [9.17, 15) is 9.59 Å². The van der Waals surface area contributed by atoms with Crippen LogP contribution in [0.4, 0.5) is 0 Å². The molecule has 1 unspecified atom stereocenters. The van der Waals surface area contributed by atoms with E-state index in [4.69, 9.17) is 0 Å². The van der Waals surface area contributed by atoms with Crippen molar-refractivity contribution >= 4 is 11.8 Å². The van der Waals surface area contributed by atoms with Crippen molar-refractivity contribution < 1.29 is 9.59 Å². The van der Waals surface area contributed by atoms with Crippen LogP contribution in [0.3, 0.4) is 0 Å². The van der Waals surface area contributed by atoms with Gasteiger partial charge in [0, 0.05) is 13.5 Å². The SMILES string of the molecule is CC(=O)NC(C(=O)NCc1cccc(C)c1)C1CCCC1. The van der Waals surface area contributed by atoms with E-state index >= 15 is 0 Å². The zero-order valence-electron chi connectivity index (χ0n) is 12.8. The first-order chi connectivity index (χ1) is 10.1. The van der Waals surface area contributed by atoms with Crippen LogP contribution in [0, 0.1) is 12.8 Å². The number of amides is 2. The number of aryl methyl sites for hydroxylation is 1. The van der Waals surface area contributed by atoms with Crippen LogP contribution in [0.15, 0.2) is 24.3 Å². The summed E-state index contributed by atoms with van der Waals surface area (Å²) in [5, 5.41) is 5.77. The maximum Gasteiger partial charge on any atom is 0.243 e. The fraction of sp³-hybridized carbons (Fsp3) is 0.529. The fourth-order valence-corrected chi connectivity index (χ4v) is 3.03. The molecule has 1 saturated carbocycles. The fourth-order valence-electron chi connectivity index (χ4n) is 3.03. The van der Waals surface area contributed by atoms with Crippen molar-refractivity contribution in [1.29, 1.82) is 0 Å². The highest BCUT2D eigenvalue weighted by Crippen LogP contribution is 2.27. The molecule has 4 nitrogen and oxygen atoms in total. The first-order valence-electron chi connectivity index (χ1n) is 7.66. The summed E-state index contributed by atoms with van der Waals surface area (Å²) < 4.78 is 0. The van der Waals surface area contributed by atoms with Gasteiger partial charge in [0.05, 0.1) is 0 Å². The van der Waals surface area contributed by atoms with Crippen LogP contribution in [0.2, 0.25) is 0 Å². The molecule has 2 rings (SSSR count). The van der Waals surface area contributed by atoms with Crippen LogP contribution in [0.5, 0.6) is 0 Å². The molecule has 0 aliphatic heterocycles. The number of carbonyl (C=O) groups excluding carboxylic acids is 2. The van der Waals surface area contributed by atoms with Gasteiger partial charge in [-0.1, -0.05) is 42.7 Å². The number of benzene rings is 1. The van der Waals surface area contributed by atoms with Gasteiger partial charge < -0.3 is 10.6 Å². The summed E-state index contributed by atoms with van der Waals surface area (Å²) in [6.45, 7) is 4.00. The zero-order chi connectivity index (χ0) is 15.2. The average molecular weight is 288 g/mol. The van der Waals surface area contributed by atoms with Crippen molar-refractivity contribution in [3.63, 3.8) is 0 Å². The molecule has 21 heavy (non-hydrogen) atoms. The van der Waals surface area contributed by atoms with E-state index in [-0.39, 0.29) is 17.7 Å². The molecule has 0 spiro atoms. The molecule has 1 fully saturated rings. The van der Waals surface area contributed by atoms with Crippen LogP contribution in [-0.4, -0.2) is 17.9 Å². The monoisotopic (exact) mass is 288 g/mol. The van der Waals surface area contributed by atoms with Crippen molar-refractivity contribution in [1.82, 2.24) is 10.6 Å². The third kappa shape index (κ3) is 4.59.